The molecule has 0 atom stereocenters. The van der Waals surface area contributed by atoms with Crippen molar-refractivity contribution in [2.45, 2.75) is 6.92 Å². The van der Waals surface area contributed by atoms with E-state index in [0.29, 0.717) is 0 Å². The molecule has 3 aromatic rings. The van der Waals surface area contributed by atoms with Crippen molar-refractivity contribution >= 4 is 5.65 Å². The normalized spacial score (nSPS) is 10.8. The number of aromatic nitrogens is 4. The van der Waals surface area contributed by atoms with Crippen LogP contribution in [-0.2, 0) is 0 Å². The van der Waals surface area contributed by atoms with Crippen LogP contribution in [0.5, 0.6) is 0 Å². The molecule has 3 heterocycles. The third kappa shape index (κ3) is 1.35. The molecule has 0 unspecified atom stereocenters. The molecule has 0 bridgehead atoms. The van der Waals surface area contributed by atoms with E-state index in [0.717, 1.165) is 22.6 Å². The third-order valence-corrected chi connectivity index (χ3v) is 2.50. The van der Waals surface area contributed by atoms with Crippen molar-refractivity contribution in [1.29, 1.82) is 0 Å². The number of imidazole rings is 1. The summed E-state index contributed by atoms with van der Waals surface area (Å²) in [5.41, 5.74) is 3.76. The molecule has 0 saturated heterocycles. The minimum atomic E-state index is 0.797. The van der Waals surface area contributed by atoms with E-state index in [1.54, 1.807) is 18.6 Å². The van der Waals surface area contributed by atoms with E-state index in [-0.39, 0.29) is 0 Å². The molecule has 0 radical (unpaired) electrons. The van der Waals surface area contributed by atoms with Crippen molar-refractivity contribution in [3.8, 4) is 11.4 Å². The van der Waals surface area contributed by atoms with Crippen molar-refractivity contribution in [1.82, 2.24) is 19.4 Å². The lowest BCUT2D eigenvalue weighted by molar-refractivity contribution is 1.16. The molecule has 78 valence electrons. The minimum Gasteiger partial charge on any atom is -0.306 e. The van der Waals surface area contributed by atoms with E-state index in [4.69, 9.17) is 0 Å². The molecule has 4 heteroatoms. The van der Waals surface area contributed by atoms with Crippen LogP contribution in [0.4, 0.5) is 0 Å². The van der Waals surface area contributed by atoms with E-state index >= 15 is 0 Å². The van der Waals surface area contributed by atoms with Gasteiger partial charge in [-0.2, -0.15) is 0 Å². The van der Waals surface area contributed by atoms with E-state index in [2.05, 4.69) is 15.0 Å². The molecule has 0 N–H and O–H groups in total. The minimum absolute atomic E-state index is 0.797. The highest BCUT2D eigenvalue weighted by molar-refractivity contribution is 5.60. The lowest BCUT2D eigenvalue weighted by Gasteiger charge is -1.93. The first kappa shape index (κ1) is 9.03. The van der Waals surface area contributed by atoms with Gasteiger partial charge >= 0.3 is 0 Å². The fourth-order valence-corrected chi connectivity index (χ4v) is 1.71. The quantitative estimate of drug-likeness (QED) is 0.617. The zero-order valence-electron chi connectivity index (χ0n) is 8.83. The van der Waals surface area contributed by atoms with E-state index < -0.39 is 0 Å². The zero-order valence-corrected chi connectivity index (χ0v) is 8.83. The lowest BCUT2D eigenvalue weighted by atomic mass is 10.3. The molecule has 0 amide bonds. The van der Waals surface area contributed by atoms with E-state index in [1.165, 1.54) is 0 Å². The molecular formula is C12H10N4. The van der Waals surface area contributed by atoms with Crippen LogP contribution < -0.4 is 0 Å². The number of hydrogen-bond acceptors (Lipinski definition) is 3. The van der Waals surface area contributed by atoms with Gasteiger partial charge in [0.1, 0.15) is 17.0 Å². The zero-order chi connectivity index (χ0) is 11.0. The molecule has 0 aliphatic carbocycles. The highest BCUT2D eigenvalue weighted by Gasteiger charge is 2.06. The number of rotatable bonds is 1. The predicted molar refractivity (Wildman–Crippen MR) is 61.0 cm³/mol. The number of aryl methyl sites for hydroxylation is 1. The molecule has 3 rings (SSSR count). The summed E-state index contributed by atoms with van der Waals surface area (Å²) in [6, 6.07) is 4.05. The van der Waals surface area contributed by atoms with Crippen molar-refractivity contribution in [3.63, 3.8) is 0 Å². The fourth-order valence-electron chi connectivity index (χ4n) is 1.71. The standard InChI is InChI=1S/C12H10N4/c1-9-3-2-6-16-8-11(15-12(9)16)10-7-13-4-5-14-10/h2-8H,1H3. The van der Waals surface area contributed by atoms with Crippen LogP contribution in [0.2, 0.25) is 0 Å². The van der Waals surface area contributed by atoms with Crippen molar-refractivity contribution in [3.05, 3.63) is 48.7 Å². The molecule has 0 saturated carbocycles. The second kappa shape index (κ2) is 3.41. The summed E-state index contributed by atoms with van der Waals surface area (Å²) in [6.07, 6.45) is 9.00. The van der Waals surface area contributed by atoms with Crippen LogP contribution in [0.3, 0.4) is 0 Å². The maximum atomic E-state index is 4.54. The van der Waals surface area contributed by atoms with Crippen molar-refractivity contribution < 1.29 is 0 Å². The van der Waals surface area contributed by atoms with Gasteiger partial charge in [0.2, 0.25) is 0 Å². The van der Waals surface area contributed by atoms with Gasteiger partial charge < -0.3 is 4.40 Å². The number of fused-ring (bicyclic) bond motifs is 1. The van der Waals surface area contributed by atoms with Crippen molar-refractivity contribution in [2.75, 3.05) is 0 Å². The summed E-state index contributed by atoms with van der Waals surface area (Å²) in [6.45, 7) is 2.04. The fraction of sp³-hybridized carbons (Fsp3) is 0.0833. The molecule has 0 fully saturated rings. The van der Waals surface area contributed by atoms with Crippen LogP contribution in [0.15, 0.2) is 43.1 Å². The van der Waals surface area contributed by atoms with Crippen LogP contribution in [-0.4, -0.2) is 19.4 Å². The predicted octanol–water partition coefficient (Wildman–Crippen LogP) is 2.10. The van der Waals surface area contributed by atoms with Gasteiger partial charge in [0, 0.05) is 24.8 Å². The molecule has 3 aromatic heterocycles. The second-order valence-electron chi connectivity index (χ2n) is 3.64. The summed E-state index contributed by atoms with van der Waals surface area (Å²) < 4.78 is 2.00. The Labute approximate surface area is 92.6 Å². The Morgan fingerprint density at radius 3 is 2.88 bits per heavy atom. The highest BCUT2D eigenvalue weighted by atomic mass is 15.0. The maximum Gasteiger partial charge on any atom is 0.140 e. The topological polar surface area (TPSA) is 43.1 Å². The van der Waals surface area contributed by atoms with Crippen LogP contribution >= 0.6 is 0 Å². The third-order valence-electron chi connectivity index (χ3n) is 2.50. The van der Waals surface area contributed by atoms with Crippen molar-refractivity contribution in [2.24, 2.45) is 0 Å². The Bertz CT molecular complexity index is 628. The van der Waals surface area contributed by atoms with Crippen LogP contribution in [0, 0.1) is 6.92 Å². The largest absolute Gasteiger partial charge is 0.306 e. The molecule has 0 spiro atoms. The summed E-state index contributed by atoms with van der Waals surface area (Å²) in [4.78, 5) is 12.8. The average molecular weight is 210 g/mol. The van der Waals surface area contributed by atoms with Gasteiger partial charge in [0.05, 0.1) is 6.20 Å². The average Bonchev–Trinajstić information content (AvgIpc) is 2.76. The lowest BCUT2D eigenvalue weighted by Crippen LogP contribution is -1.84. The van der Waals surface area contributed by atoms with Gasteiger partial charge in [0.25, 0.3) is 0 Å². The summed E-state index contributed by atoms with van der Waals surface area (Å²) in [5.74, 6) is 0. The summed E-state index contributed by atoms with van der Waals surface area (Å²) in [5, 5.41) is 0. The Morgan fingerprint density at radius 1 is 1.19 bits per heavy atom. The molecule has 4 nitrogen and oxygen atoms in total. The smallest absolute Gasteiger partial charge is 0.140 e. The van der Waals surface area contributed by atoms with Crippen LogP contribution in [0.1, 0.15) is 5.56 Å². The molecule has 0 aromatic carbocycles. The number of nitrogens with zero attached hydrogens (tertiary/aromatic N) is 4. The van der Waals surface area contributed by atoms with Crippen LogP contribution in [0.25, 0.3) is 17.0 Å². The van der Waals surface area contributed by atoms with E-state index in [1.807, 2.05) is 35.9 Å². The Hall–Kier alpha value is -2.23. The van der Waals surface area contributed by atoms with Gasteiger partial charge in [-0.15, -0.1) is 0 Å². The van der Waals surface area contributed by atoms with Gasteiger partial charge in [0.15, 0.2) is 0 Å². The first-order valence-corrected chi connectivity index (χ1v) is 5.05. The molecule has 16 heavy (non-hydrogen) atoms. The Morgan fingerprint density at radius 2 is 2.12 bits per heavy atom. The number of pyridine rings is 1. The van der Waals surface area contributed by atoms with Gasteiger partial charge in [-0.25, -0.2) is 4.98 Å². The monoisotopic (exact) mass is 210 g/mol. The Balaban J connectivity index is 2.23. The van der Waals surface area contributed by atoms with Gasteiger partial charge in [-0.1, -0.05) is 6.07 Å². The van der Waals surface area contributed by atoms with Gasteiger partial charge in [-0.3, -0.25) is 9.97 Å². The van der Waals surface area contributed by atoms with Gasteiger partial charge in [-0.05, 0) is 18.6 Å². The highest BCUT2D eigenvalue weighted by Crippen LogP contribution is 2.17. The first-order valence-electron chi connectivity index (χ1n) is 5.05. The molecule has 0 aliphatic heterocycles. The SMILES string of the molecule is Cc1cccn2cc(-c3cnccn3)nc12. The second-order valence-corrected chi connectivity index (χ2v) is 3.64. The summed E-state index contributed by atoms with van der Waals surface area (Å²) >= 11 is 0. The number of hydrogen-bond donors (Lipinski definition) is 0. The van der Waals surface area contributed by atoms with E-state index in [9.17, 15) is 0 Å². The molecular weight excluding hydrogens is 200 g/mol. The first-order chi connectivity index (χ1) is 7.84. The maximum absolute atomic E-state index is 4.54. The Kier molecular flexibility index (Phi) is 1.93. The summed E-state index contributed by atoms with van der Waals surface area (Å²) in [7, 11) is 0. The molecule has 0 aliphatic rings.